The van der Waals surface area contributed by atoms with Crippen molar-refractivity contribution >= 4 is 17.5 Å². The van der Waals surface area contributed by atoms with Gasteiger partial charge in [-0.2, -0.15) is 0 Å². The second-order valence-electron chi connectivity index (χ2n) is 6.83. The van der Waals surface area contributed by atoms with Crippen LogP contribution in [0.25, 0.3) is 0 Å². The fourth-order valence-electron chi connectivity index (χ4n) is 3.45. The largest absolute Gasteiger partial charge is 0.482 e. The van der Waals surface area contributed by atoms with Crippen LogP contribution in [-0.4, -0.2) is 53.6 Å². The predicted octanol–water partition coefficient (Wildman–Crippen LogP) is 1.85. The number of amides is 2. The van der Waals surface area contributed by atoms with Gasteiger partial charge in [0.2, 0.25) is 5.89 Å². The Bertz CT molecular complexity index is 855. The fourth-order valence-corrected chi connectivity index (χ4v) is 3.45. The number of rotatable bonds is 3. The van der Waals surface area contributed by atoms with Crippen LogP contribution in [-0.2, 0) is 16.1 Å². The quantitative estimate of drug-likeness (QED) is 0.819. The molecule has 0 bridgehead atoms. The third kappa shape index (κ3) is 3.52. The first-order chi connectivity index (χ1) is 13.0. The number of carbonyl (C=O) groups is 2. The van der Waals surface area contributed by atoms with E-state index >= 15 is 0 Å². The van der Waals surface area contributed by atoms with Gasteiger partial charge in [0.25, 0.3) is 11.8 Å². The normalized spacial score (nSPS) is 22.4. The van der Waals surface area contributed by atoms with Gasteiger partial charge in [-0.25, -0.2) is 4.98 Å². The van der Waals surface area contributed by atoms with E-state index < -0.39 is 0 Å². The number of nitrogens with zero attached hydrogens (tertiary/aromatic N) is 3. The Morgan fingerprint density at radius 2 is 1.96 bits per heavy atom. The third-order valence-corrected chi connectivity index (χ3v) is 4.58. The van der Waals surface area contributed by atoms with E-state index in [1.165, 1.54) is 6.26 Å². The molecule has 1 aromatic heterocycles. The highest BCUT2D eigenvalue weighted by Gasteiger charge is 2.30. The van der Waals surface area contributed by atoms with Gasteiger partial charge in [0, 0.05) is 13.1 Å². The molecule has 0 spiro atoms. The lowest BCUT2D eigenvalue weighted by Gasteiger charge is -2.34. The van der Waals surface area contributed by atoms with Crippen molar-refractivity contribution in [3.05, 3.63) is 42.1 Å². The molecule has 142 valence electrons. The number of ether oxygens (including phenoxy) is 2. The van der Waals surface area contributed by atoms with Gasteiger partial charge < -0.3 is 18.8 Å². The van der Waals surface area contributed by atoms with Crippen molar-refractivity contribution in [2.75, 3.05) is 24.6 Å². The van der Waals surface area contributed by atoms with Crippen LogP contribution in [0.2, 0.25) is 0 Å². The lowest BCUT2D eigenvalue weighted by Crippen LogP contribution is -2.48. The number of anilines is 1. The van der Waals surface area contributed by atoms with Crippen LogP contribution in [0, 0.1) is 0 Å². The average molecular weight is 371 g/mol. The molecule has 0 N–H and O–H groups in total. The highest BCUT2D eigenvalue weighted by Crippen LogP contribution is 2.32. The van der Waals surface area contributed by atoms with Crippen LogP contribution in [0.15, 0.2) is 34.9 Å². The Labute approximate surface area is 156 Å². The molecule has 2 aliphatic heterocycles. The summed E-state index contributed by atoms with van der Waals surface area (Å²) >= 11 is 0. The lowest BCUT2D eigenvalue weighted by atomic mass is 10.2. The predicted molar refractivity (Wildman–Crippen MR) is 95.5 cm³/mol. The van der Waals surface area contributed by atoms with Gasteiger partial charge >= 0.3 is 0 Å². The standard InChI is InChI=1S/C19H21N3O5/c1-12-7-21(8-13(2)27-12)19(24)14-10-26-17(20-14)9-22-15-5-3-4-6-16(15)25-11-18(22)23/h3-6,10,12-13H,7-9,11H2,1-2H3. The number of benzene rings is 1. The molecule has 2 amide bonds. The van der Waals surface area contributed by atoms with Gasteiger partial charge in [-0.1, -0.05) is 12.1 Å². The van der Waals surface area contributed by atoms with E-state index in [0.717, 1.165) is 0 Å². The molecule has 4 rings (SSSR count). The number of para-hydroxylation sites is 2. The summed E-state index contributed by atoms with van der Waals surface area (Å²) in [4.78, 5) is 32.5. The molecule has 3 heterocycles. The van der Waals surface area contributed by atoms with Crippen LogP contribution in [0.4, 0.5) is 5.69 Å². The monoisotopic (exact) mass is 371 g/mol. The Morgan fingerprint density at radius 1 is 1.22 bits per heavy atom. The van der Waals surface area contributed by atoms with Crippen LogP contribution >= 0.6 is 0 Å². The summed E-state index contributed by atoms with van der Waals surface area (Å²) in [5, 5.41) is 0. The molecule has 0 radical (unpaired) electrons. The topological polar surface area (TPSA) is 85.1 Å². The van der Waals surface area contributed by atoms with Crippen molar-refractivity contribution < 1.29 is 23.5 Å². The summed E-state index contributed by atoms with van der Waals surface area (Å²) in [5.74, 6) is 0.560. The molecule has 2 unspecified atom stereocenters. The molecule has 8 heteroatoms. The Balaban J connectivity index is 1.50. The molecule has 27 heavy (non-hydrogen) atoms. The zero-order chi connectivity index (χ0) is 19.0. The molecule has 2 aromatic rings. The number of morpholine rings is 1. The van der Waals surface area contributed by atoms with E-state index in [9.17, 15) is 9.59 Å². The SMILES string of the molecule is CC1CN(C(=O)c2coc(CN3C(=O)COc4ccccc43)n2)CC(C)O1. The number of oxazole rings is 1. The van der Waals surface area contributed by atoms with Crippen molar-refractivity contribution in [3.8, 4) is 5.75 Å². The zero-order valence-electron chi connectivity index (χ0n) is 15.3. The van der Waals surface area contributed by atoms with Crippen molar-refractivity contribution in [2.45, 2.75) is 32.6 Å². The van der Waals surface area contributed by atoms with Gasteiger partial charge in [0.15, 0.2) is 12.3 Å². The van der Waals surface area contributed by atoms with Crippen LogP contribution in [0.1, 0.15) is 30.2 Å². The molecule has 8 nitrogen and oxygen atoms in total. The van der Waals surface area contributed by atoms with Crippen LogP contribution in [0.3, 0.4) is 0 Å². The summed E-state index contributed by atoms with van der Waals surface area (Å²) in [5.41, 5.74) is 0.899. The highest BCUT2D eigenvalue weighted by atomic mass is 16.5. The minimum Gasteiger partial charge on any atom is -0.482 e. The lowest BCUT2D eigenvalue weighted by molar-refractivity contribution is -0.121. The molecule has 1 fully saturated rings. The second-order valence-corrected chi connectivity index (χ2v) is 6.83. The molecule has 1 saturated heterocycles. The Hall–Kier alpha value is -2.87. The Morgan fingerprint density at radius 3 is 2.74 bits per heavy atom. The maximum atomic E-state index is 12.7. The minimum atomic E-state index is -0.194. The number of hydrogen-bond donors (Lipinski definition) is 0. The van der Waals surface area contributed by atoms with E-state index in [-0.39, 0.29) is 42.9 Å². The van der Waals surface area contributed by atoms with E-state index in [1.54, 1.807) is 21.9 Å². The van der Waals surface area contributed by atoms with Gasteiger partial charge in [-0.3, -0.25) is 14.5 Å². The molecular formula is C19H21N3O5. The zero-order valence-corrected chi connectivity index (χ0v) is 15.3. The third-order valence-electron chi connectivity index (χ3n) is 4.58. The van der Waals surface area contributed by atoms with E-state index in [0.29, 0.717) is 30.4 Å². The maximum Gasteiger partial charge on any atom is 0.275 e. The van der Waals surface area contributed by atoms with E-state index in [4.69, 9.17) is 13.9 Å². The summed E-state index contributed by atoms with van der Waals surface area (Å²) in [7, 11) is 0. The van der Waals surface area contributed by atoms with E-state index in [1.807, 2.05) is 26.0 Å². The average Bonchev–Trinajstić information content (AvgIpc) is 3.11. The van der Waals surface area contributed by atoms with Crippen LogP contribution in [0.5, 0.6) is 5.75 Å². The van der Waals surface area contributed by atoms with Gasteiger partial charge in [0.05, 0.1) is 17.9 Å². The van der Waals surface area contributed by atoms with Gasteiger partial charge in [0.1, 0.15) is 18.6 Å². The smallest absolute Gasteiger partial charge is 0.275 e. The Kier molecular flexibility index (Phi) is 4.57. The van der Waals surface area contributed by atoms with Crippen molar-refractivity contribution in [3.63, 3.8) is 0 Å². The number of aromatic nitrogens is 1. The summed E-state index contributed by atoms with van der Waals surface area (Å²) in [6.45, 7) is 5.01. The first-order valence-electron chi connectivity index (χ1n) is 8.92. The first-order valence-corrected chi connectivity index (χ1v) is 8.92. The van der Waals surface area contributed by atoms with Crippen molar-refractivity contribution in [2.24, 2.45) is 0 Å². The fraction of sp³-hybridized carbons (Fsp3) is 0.421. The molecular weight excluding hydrogens is 350 g/mol. The van der Waals surface area contributed by atoms with Crippen LogP contribution < -0.4 is 9.64 Å². The molecule has 0 aliphatic carbocycles. The first kappa shape index (κ1) is 17.5. The number of carbonyl (C=O) groups excluding carboxylic acids is 2. The van der Waals surface area contributed by atoms with Gasteiger partial charge in [-0.15, -0.1) is 0 Å². The molecule has 0 saturated carbocycles. The maximum absolute atomic E-state index is 12.7. The summed E-state index contributed by atoms with van der Waals surface area (Å²) < 4.78 is 16.6. The molecule has 2 aliphatic rings. The van der Waals surface area contributed by atoms with Crippen molar-refractivity contribution in [1.29, 1.82) is 0 Å². The molecule has 1 aromatic carbocycles. The summed E-state index contributed by atoms with van der Waals surface area (Å²) in [6, 6.07) is 7.29. The highest BCUT2D eigenvalue weighted by molar-refractivity contribution is 5.97. The van der Waals surface area contributed by atoms with E-state index in [2.05, 4.69) is 4.98 Å². The second kappa shape index (κ2) is 7.03. The number of fused-ring (bicyclic) bond motifs is 1. The van der Waals surface area contributed by atoms with Crippen molar-refractivity contribution in [1.82, 2.24) is 9.88 Å². The summed E-state index contributed by atoms with van der Waals surface area (Å²) in [6.07, 6.45) is 1.30. The van der Waals surface area contributed by atoms with Gasteiger partial charge in [-0.05, 0) is 26.0 Å². The molecule has 2 atom stereocenters. The number of hydrogen-bond acceptors (Lipinski definition) is 6. The minimum absolute atomic E-state index is 0.0217.